The summed E-state index contributed by atoms with van der Waals surface area (Å²) in [5, 5.41) is 8.13. The lowest BCUT2D eigenvalue weighted by molar-refractivity contribution is -0.116. The SMILES string of the molecule is O=C1NC2=C(C(=O)NC2)C(c2ccccc2)N1. The average molecular weight is 229 g/mol. The lowest BCUT2D eigenvalue weighted by Crippen LogP contribution is -2.44. The van der Waals surface area contributed by atoms with Crippen molar-refractivity contribution in [3.63, 3.8) is 0 Å². The lowest BCUT2D eigenvalue weighted by atomic mass is 9.96. The van der Waals surface area contributed by atoms with Gasteiger partial charge in [-0.25, -0.2) is 4.79 Å². The van der Waals surface area contributed by atoms with E-state index >= 15 is 0 Å². The van der Waals surface area contributed by atoms with Crippen LogP contribution < -0.4 is 16.0 Å². The third-order valence-electron chi connectivity index (χ3n) is 2.96. The number of carbonyl (C=O) groups excluding carboxylic acids is 2. The van der Waals surface area contributed by atoms with Gasteiger partial charge in [-0.3, -0.25) is 4.79 Å². The van der Waals surface area contributed by atoms with Gasteiger partial charge in [-0.05, 0) is 5.56 Å². The number of amides is 3. The molecule has 1 atom stereocenters. The minimum Gasteiger partial charge on any atom is -0.347 e. The molecule has 0 saturated carbocycles. The molecule has 2 aliphatic heterocycles. The van der Waals surface area contributed by atoms with E-state index in [1.807, 2.05) is 30.3 Å². The van der Waals surface area contributed by atoms with Crippen molar-refractivity contribution in [2.24, 2.45) is 0 Å². The van der Waals surface area contributed by atoms with Crippen LogP contribution in [0.5, 0.6) is 0 Å². The molecule has 0 radical (unpaired) electrons. The highest BCUT2D eigenvalue weighted by Crippen LogP contribution is 2.28. The second kappa shape index (κ2) is 3.62. The smallest absolute Gasteiger partial charge is 0.319 e. The fourth-order valence-electron chi connectivity index (χ4n) is 2.18. The normalized spacial score (nSPS) is 22.7. The first-order valence-corrected chi connectivity index (χ1v) is 5.39. The molecule has 86 valence electrons. The van der Waals surface area contributed by atoms with Crippen LogP contribution in [0.4, 0.5) is 4.79 Å². The van der Waals surface area contributed by atoms with Crippen LogP contribution in [0.1, 0.15) is 11.6 Å². The minimum absolute atomic E-state index is 0.124. The summed E-state index contributed by atoms with van der Waals surface area (Å²) in [5.74, 6) is -0.124. The van der Waals surface area contributed by atoms with Crippen LogP contribution in [-0.2, 0) is 4.79 Å². The van der Waals surface area contributed by atoms with Crippen molar-refractivity contribution >= 4 is 11.9 Å². The molecule has 0 spiro atoms. The van der Waals surface area contributed by atoms with Crippen molar-refractivity contribution in [1.82, 2.24) is 16.0 Å². The molecule has 2 heterocycles. The monoisotopic (exact) mass is 229 g/mol. The first kappa shape index (κ1) is 9.89. The number of nitrogens with one attached hydrogen (secondary N) is 3. The number of rotatable bonds is 1. The van der Waals surface area contributed by atoms with Crippen molar-refractivity contribution in [3.8, 4) is 0 Å². The molecule has 17 heavy (non-hydrogen) atoms. The Morgan fingerprint density at radius 3 is 2.65 bits per heavy atom. The van der Waals surface area contributed by atoms with E-state index in [0.29, 0.717) is 17.8 Å². The molecule has 0 saturated heterocycles. The zero-order valence-electron chi connectivity index (χ0n) is 8.99. The van der Waals surface area contributed by atoms with Gasteiger partial charge in [-0.2, -0.15) is 0 Å². The Morgan fingerprint density at radius 2 is 1.88 bits per heavy atom. The van der Waals surface area contributed by atoms with Gasteiger partial charge in [0.2, 0.25) is 0 Å². The predicted molar refractivity (Wildman–Crippen MR) is 60.9 cm³/mol. The molecule has 3 N–H and O–H groups in total. The van der Waals surface area contributed by atoms with Gasteiger partial charge in [0.05, 0.1) is 18.2 Å². The number of urea groups is 1. The Kier molecular flexibility index (Phi) is 2.11. The molecule has 1 unspecified atom stereocenters. The fourth-order valence-corrected chi connectivity index (χ4v) is 2.18. The zero-order valence-corrected chi connectivity index (χ0v) is 8.99. The molecular formula is C12H11N3O2. The van der Waals surface area contributed by atoms with Gasteiger partial charge in [0.1, 0.15) is 0 Å². The zero-order chi connectivity index (χ0) is 11.8. The summed E-state index contributed by atoms with van der Waals surface area (Å²) in [7, 11) is 0. The van der Waals surface area contributed by atoms with Crippen LogP contribution in [0.25, 0.3) is 0 Å². The van der Waals surface area contributed by atoms with E-state index in [9.17, 15) is 9.59 Å². The molecule has 0 aromatic heterocycles. The third-order valence-corrected chi connectivity index (χ3v) is 2.96. The van der Waals surface area contributed by atoms with Crippen molar-refractivity contribution < 1.29 is 9.59 Å². The molecule has 0 fully saturated rings. The van der Waals surface area contributed by atoms with Gasteiger partial charge < -0.3 is 16.0 Å². The maximum Gasteiger partial charge on any atom is 0.319 e. The van der Waals surface area contributed by atoms with Crippen molar-refractivity contribution in [3.05, 3.63) is 47.2 Å². The Bertz CT molecular complexity index is 522. The van der Waals surface area contributed by atoms with Gasteiger partial charge in [0.15, 0.2) is 0 Å². The first-order chi connectivity index (χ1) is 8.25. The number of carbonyl (C=O) groups is 2. The Morgan fingerprint density at radius 1 is 1.12 bits per heavy atom. The summed E-state index contributed by atoms with van der Waals surface area (Å²) in [6.07, 6.45) is 0. The molecule has 1 aromatic rings. The highest BCUT2D eigenvalue weighted by Gasteiger charge is 2.35. The fraction of sp³-hybridized carbons (Fsp3) is 0.167. The van der Waals surface area contributed by atoms with Crippen LogP contribution in [0.2, 0.25) is 0 Å². The Labute approximate surface area is 97.9 Å². The van der Waals surface area contributed by atoms with Crippen LogP contribution in [0, 0.1) is 0 Å². The molecule has 5 heteroatoms. The number of benzene rings is 1. The summed E-state index contributed by atoms with van der Waals surface area (Å²) in [4.78, 5) is 23.2. The number of hydrogen-bond donors (Lipinski definition) is 3. The maximum absolute atomic E-state index is 11.7. The van der Waals surface area contributed by atoms with E-state index in [0.717, 1.165) is 5.56 Å². The van der Waals surface area contributed by atoms with Gasteiger partial charge >= 0.3 is 6.03 Å². The molecule has 0 aliphatic carbocycles. The van der Waals surface area contributed by atoms with E-state index in [2.05, 4.69) is 16.0 Å². The van der Waals surface area contributed by atoms with E-state index in [4.69, 9.17) is 0 Å². The molecular weight excluding hydrogens is 218 g/mol. The summed E-state index contributed by atoms with van der Waals surface area (Å²) in [6, 6.07) is 8.83. The van der Waals surface area contributed by atoms with Crippen LogP contribution >= 0.6 is 0 Å². The average Bonchev–Trinajstić information content (AvgIpc) is 2.71. The second-order valence-corrected chi connectivity index (χ2v) is 4.02. The van der Waals surface area contributed by atoms with E-state index in [-0.39, 0.29) is 18.0 Å². The molecule has 5 nitrogen and oxygen atoms in total. The van der Waals surface area contributed by atoms with Gasteiger partial charge in [-0.15, -0.1) is 0 Å². The third kappa shape index (κ3) is 1.56. The largest absolute Gasteiger partial charge is 0.347 e. The molecule has 3 rings (SSSR count). The summed E-state index contributed by atoms with van der Waals surface area (Å²) in [5.41, 5.74) is 2.19. The molecule has 1 aromatic carbocycles. The van der Waals surface area contributed by atoms with Crippen LogP contribution in [-0.4, -0.2) is 18.5 Å². The maximum atomic E-state index is 11.7. The highest BCUT2D eigenvalue weighted by atomic mass is 16.2. The Balaban J connectivity index is 2.06. The van der Waals surface area contributed by atoms with Gasteiger partial charge in [0.25, 0.3) is 5.91 Å². The quantitative estimate of drug-likeness (QED) is 0.653. The predicted octanol–water partition coefficient (Wildman–Crippen LogP) is 0.424. The Hall–Kier alpha value is -2.30. The second-order valence-electron chi connectivity index (χ2n) is 4.02. The van der Waals surface area contributed by atoms with Crippen molar-refractivity contribution in [2.75, 3.05) is 6.54 Å². The summed E-state index contributed by atoms with van der Waals surface area (Å²) in [6.45, 7) is 0.394. The van der Waals surface area contributed by atoms with Crippen molar-refractivity contribution in [1.29, 1.82) is 0 Å². The van der Waals surface area contributed by atoms with Crippen molar-refractivity contribution in [2.45, 2.75) is 6.04 Å². The van der Waals surface area contributed by atoms with Crippen LogP contribution in [0.3, 0.4) is 0 Å². The molecule has 2 aliphatic rings. The van der Waals surface area contributed by atoms with Crippen LogP contribution in [0.15, 0.2) is 41.6 Å². The number of hydrogen-bond acceptors (Lipinski definition) is 2. The van der Waals surface area contributed by atoms with Gasteiger partial charge in [-0.1, -0.05) is 30.3 Å². The summed E-state index contributed by atoms with van der Waals surface area (Å²) < 4.78 is 0. The summed E-state index contributed by atoms with van der Waals surface area (Å²) >= 11 is 0. The standard InChI is InChI=1S/C12H11N3O2/c16-11-9-8(6-13-11)14-12(17)15-10(9)7-4-2-1-3-5-7/h1-5,10H,6H2,(H,13,16)(H2,14,15,17). The highest BCUT2D eigenvalue weighted by molar-refractivity contribution is 6.01. The van der Waals surface area contributed by atoms with Gasteiger partial charge in [0, 0.05) is 5.70 Å². The molecule has 0 bridgehead atoms. The minimum atomic E-state index is -0.359. The lowest BCUT2D eigenvalue weighted by Gasteiger charge is -2.25. The van der Waals surface area contributed by atoms with E-state index in [1.54, 1.807) is 0 Å². The van der Waals surface area contributed by atoms with E-state index in [1.165, 1.54) is 0 Å². The molecule has 3 amide bonds. The topological polar surface area (TPSA) is 70.2 Å². The first-order valence-electron chi connectivity index (χ1n) is 5.39. The van der Waals surface area contributed by atoms with E-state index < -0.39 is 0 Å².